The van der Waals surface area contributed by atoms with Crippen molar-refractivity contribution in [1.29, 1.82) is 0 Å². The van der Waals surface area contributed by atoms with E-state index in [1.807, 2.05) is 0 Å². The van der Waals surface area contributed by atoms with E-state index >= 15 is 0 Å². The molecule has 0 N–H and O–H groups in total. The van der Waals surface area contributed by atoms with Gasteiger partial charge in [0.1, 0.15) is 5.75 Å². The molecular formula is C21H28O3. The molecule has 1 heterocycles. The van der Waals surface area contributed by atoms with Crippen molar-refractivity contribution in [2.75, 3.05) is 20.3 Å². The standard InChI is InChI=1S/C21H28O3/c1-15-9-11-21(23-12-13-24-21)10-3-4-20-18(15)7-5-16-14-17(22-2)6-8-19(16)20/h4,6,8,14-15,18H,3,5,7,9-13H2,1-2H3/b20-4+/t15-,18?/m0/s1. The Hall–Kier alpha value is -1.32. The molecule has 1 fully saturated rings. The second kappa shape index (κ2) is 6.53. The van der Waals surface area contributed by atoms with E-state index in [1.165, 1.54) is 24.0 Å². The van der Waals surface area contributed by atoms with E-state index in [2.05, 4.69) is 31.2 Å². The molecule has 0 aromatic heterocycles. The highest BCUT2D eigenvalue weighted by molar-refractivity contribution is 5.72. The minimum absolute atomic E-state index is 0.318. The van der Waals surface area contributed by atoms with E-state index in [4.69, 9.17) is 14.2 Å². The lowest BCUT2D eigenvalue weighted by Crippen LogP contribution is -2.30. The maximum atomic E-state index is 6.01. The lowest BCUT2D eigenvalue weighted by molar-refractivity contribution is -0.168. The first-order valence-corrected chi connectivity index (χ1v) is 9.36. The molecule has 24 heavy (non-hydrogen) atoms. The van der Waals surface area contributed by atoms with E-state index in [0.717, 1.165) is 44.6 Å². The van der Waals surface area contributed by atoms with Gasteiger partial charge >= 0.3 is 0 Å². The van der Waals surface area contributed by atoms with Crippen molar-refractivity contribution in [2.24, 2.45) is 11.8 Å². The molecule has 3 aliphatic rings. The summed E-state index contributed by atoms with van der Waals surface area (Å²) < 4.78 is 17.4. The first-order valence-electron chi connectivity index (χ1n) is 9.36. The Balaban J connectivity index is 1.66. The fourth-order valence-corrected chi connectivity index (χ4v) is 4.71. The van der Waals surface area contributed by atoms with Crippen molar-refractivity contribution < 1.29 is 14.2 Å². The largest absolute Gasteiger partial charge is 0.497 e. The molecule has 3 nitrogen and oxygen atoms in total. The Bertz CT molecular complexity index is 628. The van der Waals surface area contributed by atoms with Crippen LogP contribution in [-0.2, 0) is 15.9 Å². The van der Waals surface area contributed by atoms with Crippen molar-refractivity contribution in [2.45, 2.75) is 51.2 Å². The molecule has 1 aromatic carbocycles. The lowest BCUT2D eigenvalue weighted by Gasteiger charge is -2.33. The van der Waals surface area contributed by atoms with Gasteiger partial charge in [-0.25, -0.2) is 0 Å². The van der Waals surface area contributed by atoms with Crippen LogP contribution in [0, 0.1) is 11.8 Å². The second-order valence-electron chi connectivity index (χ2n) is 7.49. The van der Waals surface area contributed by atoms with Crippen molar-refractivity contribution in [3.05, 3.63) is 35.4 Å². The van der Waals surface area contributed by atoms with Crippen LogP contribution < -0.4 is 4.74 Å². The SMILES string of the molecule is COc1ccc2c(c1)CCC1/C2=C\CCC2(CC[C@@H]1C)OCCO2. The van der Waals surface area contributed by atoms with Gasteiger partial charge < -0.3 is 14.2 Å². The number of ether oxygens (including phenoxy) is 3. The van der Waals surface area contributed by atoms with Crippen LogP contribution in [0.15, 0.2) is 24.3 Å². The number of fused-ring (bicyclic) bond motifs is 3. The number of hydrogen-bond donors (Lipinski definition) is 0. The van der Waals surface area contributed by atoms with E-state index in [-0.39, 0.29) is 5.79 Å². The third kappa shape index (κ3) is 2.89. The smallest absolute Gasteiger partial charge is 0.168 e. The van der Waals surface area contributed by atoms with Crippen molar-refractivity contribution in [1.82, 2.24) is 0 Å². The number of allylic oxidation sites excluding steroid dienone is 2. The molecule has 2 atom stereocenters. The summed E-state index contributed by atoms with van der Waals surface area (Å²) in [7, 11) is 1.75. The Kier molecular flexibility index (Phi) is 4.40. The Labute approximate surface area is 145 Å². The Morgan fingerprint density at radius 1 is 1.12 bits per heavy atom. The van der Waals surface area contributed by atoms with Crippen molar-refractivity contribution in [3.8, 4) is 5.75 Å². The van der Waals surface area contributed by atoms with Gasteiger partial charge in [-0.2, -0.15) is 0 Å². The van der Waals surface area contributed by atoms with Gasteiger partial charge in [0.05, 0.1) is 20.3 Å². The maximum absolute atomic E-state index is 6.01. The summed E-state index contributed by atoms with van der Waals surface area (Å²) in [5.74, 6) is 1.97. The third-order valence-corrected chi connectivity index (χ3v) is 6.12. The molecule has 1 aliphatic heterocycles. The van der Waals surface area contributed by atoms with Crippen LogP contribution in [0.25, 0.3) is 5.57 Å². The van der Waals surface area contributed by atoms with Gasteiger partial charge in [0, 0.05) is 12.8 Å². The lowest BCUT2D eigenvalue weighted by atomic mass is 9.72. The average molecular weight is 328 g/mol. The average Bonchev–Trinajstić information content (AvgIpc) is 3.09. The van der Waals surface area contributed by atoms with Crippen molar-refractivity contribution in [3.63, 3.8) is 0 Å². The minimum atomic E-state index is -0.318. The van der Waals surface area contributed by atoms with Crippen LogP contribution in [-0.4, -0.2) is 26.1 Å². The zero-order valence-electron chi connectivity index (χ0n) is 14.8. The molecule has 0 bridgehead atoms. The summed E-state index contributed by atoms with van der Waals surface area (Å²) in [6, 6.07) is 6.58. The molecule has 1 saturated heterocycles. The van der Waals surface area contributed by atoms with Gasteiger partial charge in [0.2, 0.25) is 0 Å². The number of aryl methyl sites for hydroxylation is 1. The third-order valence-electron chi connectivity index (χ3n) is 6.12. The summed E-state index contributed by atoms with van der Waals surface area (Å²) in [4.78, 5) is 0. The van der Waals surface area contributed by atoms with Crippen LogP contribution in [0.1, 0.15) is 50.2 Å². The van der Waals surface area contributed by atoms with E-state index in [9.17, 15) is 0 Å². The Morgan fingerprint density at radius 3 is 2.75 bits per heavy atom. The van der Waals surface area contributed by atoms with Crippen LogP contribution in [0.5, 0.6) is 5.75 Å². The molecule has 0 saturated carbocycles. The molecule has 0 radical (unpaired) electrons. The molecule has 1 unspecified atom stereocenters. The molecule has 4 rings (SSSR count). The quantitative estimate of drug-likeness (QED) is 0.754. The van der Waals surface area contributed by atoms with Crippen LogP contribution in [0.3, 0.4) is 0 Å². The van der Waals surface area contributed by atoms with E-state index in [0.29, 0.717) is 11.8 Å². The number of benzene rings is 1. The van der Waals surface area contributed by atoms with Crippen LogP contribution in [0.4, 0.5) is 0 Å². The van der Waals surface area contributed by atoms with Crippen molar-refractivity contribution >= 4 is 5.57 Å². The normalized spacial score (nSPS) is 31.2. The van der Waals surface area contributed by atoms with Gasteiger partial charge in [-0.3, -0.25) is 0 Å². The van der Waals surface area contributed by atoms with Gasteiger partial charge in [0.25, 0.3) is 0 Å². The van der Waals surface area contributed by atoms with Gasteiger partial charge in [-0.05, 0) is 66.4 Å². The molecule has 1 spiro atoms. The minimum Gasteiger partial charge on any atom is -0.497 e. The summed E-state index contributed by atoms with van der Waals surface area (Å²) in [6.45, 7) is 3.90. The van der Waals surface area contributed by atoms with E-state index in [1.54, 1.807) is 12.7 Å². The summed E-state index contributed by atoms with van der Waals surface area (Å²) in [6.07, 6.45) is 9.06. The Morgan fingerprint density at radius 2 is 1.96 bits per heavy atom. The van der Waals surface area contributed by atoms with E-state index < -0.39 is 0 Å². The first kappa shape index (κ1) is 16.2. The zero-order valence-corrected chi connectivity index (χ0v) is 14.8. The highest BCUT2D eigenvalue weighted by Gasteiger charge is 2.38. The first-order chi connectivity index (χ1) is 11.7. The van der Waals surface area contributed by atoms with Gasteiger partial charge in [-0.15, -0.1) is 0 Å². The molecule has 3 heteroatoms. The molecule has 1 aromatic rings. The highest BCUT2D eigenvalue weighted by atomic mass is 16.7. The topological polar surface area (TPSA) is 27.7 Å². The predicted molar refractivity (Wildman–Crippen MR) is 95.0 cm³/mol. The van der Waals surface area contributed by atoms with Gasteiger partial charge in [-0.1, -0.05) is 19.1 Å². The zero-order chi connectivity index (χ0) is 16.6. The number of hydrogen-bond acceptors (Lipinski definition) is 3. The molecule has 2 aliphatic carbocycles. The fraction of sp³-hybridized carbons (Fsp3) is 0.619. The molecular weight excluding hydrogens is 300 g/mol. The van der Waals surface area contributed by atoms with Crippen LogP contribution >= 0.6 is 0 Å². The second-order valence-corrected chi connectivity index (χ2v) is 7.49. The highest BCUT2D eigenvalue weighted by Crippen LogP contribution is 2.45. The summed E-state index contributed by atoms with van der Waals surface area (Å²) >= 11 is 0. The van der Waals surface area contributed by atoms with Gasteiger partial charge in [0.15, 0.2) is 5.79 Å². The predicted octanol–water partition coefficient (Wildman–Crippen LogP) is 4.59. The monoisotopic (exact) mass is 328 g/mol. The fourth-order valence-electron chi connectivity index (χ4n) is 4.71. The number of rotatable bonds is 1. The molecule has 0 amide bonds. The summed E-state index contributed by atoms with van der Waals surface area (Å²) in [5.41, 5.74) is 4.41. The van der Waals surface area contributed by atoms with Crippen LogP contribution in [0.2, 0.25) is 0 Å². The number of methoxy groups -OCH3 is 1. The maximum Gasteiger partial charge on any atom is 0.168 e. The molecule has 130 valence electrons. The summed E-state index contributed by atoms with van der Waals surface area (Å²) in [5, 5.41) is 0.